The second-order valence-corrected chi connectivity index (χ2v) is 9.77. The topological polar surface area (TPSA) is 66.5 Å². The molecule has 5 nitrogen and oxygen atoms in total. The van der Waals surface area contributed by atoms with Crippen molar-refractivity contribution < 1.29 is 13.2 Å². The molecule has 1 aliphatic rings. The number of anilines is 1. The third-order valence-electron chi connectivity index (χ3n) is 4.23. The lowest BCUT2D eigenvalue weighted by Crippen LogP contribution is -2.37. The minimum Gasteiger partial charge on any atom is -0.351 e. The molecular formula is C19H21ClN2O3S2. The number of benzene rings is 2. The summed E-state index contributed by atoms with van der Waals surface area (Å²) in [5.41, 5.74) is 0.857. The van der Waals surface area contributed by atoms with Gasteiger partial charge in [0, 0.05) is 23.7 Å². The number of hydrogen-bond acceptors (Lipinski definition) is 4. The first-order valence-corrected chi connectivity index (χ1v) is 11.7. The summed E-state index contributed by atoms with van der Waals surface area (Å²) in [6.45, 7) is 0.956. The number of halogens is 1. The Balaban J connectivity index is 1.59. The Hall–Kier alpha value is -1.70. The van der Waals surface area contributed by atoms with E-state index in [0.29, 0.717) is 30.8 Å². The molecule has 27 heavy (non-hydrogen) atoms. The first-order valence-electron chi connectivity index (χ1n) is 8.73. The second kappa shape index (κ2) is 8.99. The van der Waals surface area contributed by atoms with Crippen LogP contribution in [0.25, 0.3) is 0 Å². The van der Waals surface area contributed by atoms with Gasteiger partial charge in [-0.25, -0.2) is 8.42 Å². The Morgan fingerprint density at radius 3 is 2.63 bits per heavy atom. The fourth-order valence-electron chi connectivity index (χ4n) is 2.87. The molecule has 0 unspecified atom stereocenters. The van der Waals surface area contributed by atoms with Gasteiger partial charge in [0.2, 0.25) is 10.0 Å². The van der Waals surface area contributed by atoms with Gasteiger partial charge in [-0.3, -0.25) is 9.10 Å². The van der Waals surface area contributed by atoms with Gasteiger partial charge in [0.1, 0.15) is 0 Å². The highest BCUT2D eigenvalue weighted by Crippen LogP contribution is 2.28. The van der Waals surface area contributed by atoms with Crippen molar-refractivity contribution in [2.24, 2.45) is 0 Å². The molecule has 1 heterocycles. The normalized spacial score (nSPS) is 16.1. The quantitative estimate of drug-likeness (QED) is 0.565. The standard InChI is InChI=1S/C19H21ClN2O3S2/c20-18-14-15(22-11-4-5-13-27(22,24)25)8-9-17(18)19(23)21-10-12-26-16-6-2-1-3-7-16/h1-3,6-9,14H,4-5,10-13H2,(H,21,23). The van der Waals surface area contributed by atoms with E-state index in [-0.39, 0.29) is 16.7 Å². The zero-order valence-electron chi connectivity index (χ0n) is 14.7. The summed E-state index contributed by atoms with van der Waals surface area (Å²) in [6.07, 6.45) is 1.49. The third kappa shape index (κ3) is 5.18. The van der Waals surface area contributed by atoms with Gasteiger partial charge in [0.15, 0.2) is 0 Å². The third-order valence-corrected chi connectivity index (χ3v) is 7.43. The number of hydrogen-bond donors (Lipinski definition) is 1. The van der Waals surface area contributed by atoms with Crippen LogP contribution in [0.15, 0.2) is 53.4 Å². The second-order valence-electron chi connectivity index (χ2n) is 6.18. The zero-order chi connectivity index (χ0) is 19.3. The van der Waals surface area contributed by atoms with E-state index in [1.54, 1.807) is 30.0 Å². The first-order chi connectivity index (χ1) is 13.0. The van der Waals surface area contributed by atoms with Crippen LogP contribution in [0.5, 0.6) is 0 Å². The Morgan fingerprint density at radius 1 is 1.15 bits per heavy atom. The molecule has 144 valence electrons. The molecule has 2 aromatic rings. The Morgan fingerprint density at radius 2 is 1.93 bits per heavy atom. The zero-order valence-corrected chi connectivity index (χ0v) is 17.1. The molecule has 0 radical (unpaired) electrons. The maximum absolute atomic E-state index is 12.4. The molecule has 1 aliphatic heterocycles. The van der Waals surface area contributed by atoms with E-state index in [0.717, 1.165) is 17.1 Å². The van der Waals surface area contributed by atoms with Crippen LogP contribution in [-0.2, 0) is 10.0 Å². The average molecular weight is 425 g/mol. The van der Waals surface area contributed by atoms with Crippen molar-refractivity contribution in [3.05, 3.63) is 59.1 Å². The van der Waals surface area contributed by atoms with Gasteiger partial charge in [0.05, 0.1) is 22.0 Å². The fraction of sp³-hybridized carbons (Fsp3) is 0.316. The monoisotopic (exact) mass is 424 g/mol. The smallest absolute Gasteiger partial charge is 0.252 e. The molecule has 0 spiro atoms. The van der Waals surface area contributed by atoms with Crippen LogP contribution < -0.4 is 9.62 Å². The number of nitrogens with one attached hydrogen (secondary N) is 1. The summed E-state index contributed by atoms with van der Waals surface area (Å²) in [7, 11) is -3.30. The van der Waals surface area contributed by atoms with Gasteiger partial charge in [0.25, 0.3) is 5.91 Å². The number of amides is 1. The number of thioether (sulfide) groups is 1. The van der Waals surface area contributed by atoms with Crippen LogP contribution in [0, 0.1) is 0 Å². The van der Waals surface area contributed by atoms with E-state index in [1.165, 1.54) is 4.31 Å². The number of sulfonamides is 1. The summed E-state index contributed by atoms with van der Waals surface area (Å²) >= 11 is 7.92. The van der Waals surface area contributed by atoms with Crippen LogP contribution >= 0.6 is 23.4 Å². The van der Waals surface area contributed by atoms with Crippen molar-refractivity contribution in [2.75, 3.05) is 28.9 Å². The highest BCUT2D eigenvalue weighted by molar-refractivity contribution is 7.99. The van der Waals surface area contributed by atoms with E-state index in [1.807, 2.05) is 30.3 Å². The lowest BCUT2D eigenvalue weighted by molar-refractivity contribution is 0.0956. The molecule has 0 aromatic heterocycles. The van der Waals surface area contributed by atoms with Crippen LogP contribution in [0.4, 0.5) is 5.69 Å². The van der Waals surface area contributed by atoms with Crippen molar-refractivity contribution in [3.63, 3.8) is 0 Å². The molecule has 0 saturated carbocycles. The SMILES string of the molecule is O=C(NCCSc1ccccc1)c1ccc(N2CCCCS2(=O)=O)cc1Cl. The van der Waals surface area contributed by atoms with Gasteiger partial charge < -0.3 is 5.32 Å². The van der Waals surface area contributed by atoms with Crippen LogP contribution in [-0.4, -0.2) is 38.9 Å². The highest BCUT2D eigenvalue weighted by Gasteiger charge is 2.26. The minimum atomic E-state index is -3.30. The van der Waals surface area contributed by atoms with E-state index in [4.69, 9.17) is 11.6 Å². The average Bonchev–Trinajstić information content (AvgIpc) is 2.65. The summed E-state index contributed by atoms with van der Waals surface area (Å²) < 4.78 is 25.8. The van der Waals surface area contributed by atoms with Gasteiger partial charge in [-0.2, -0.15) is 0 Å². The van der Waals surface area contributed by atoms with Crippen molar-refractivity contribution in [3.8, 4) is 0 Å². The number of nitrogens with zero attached hydrogens (tertiary/aromatic N) is 1. The molecule has 1 amide bonds. The van der Waals surface area contributed by atoms with Gasteiger partial charge >= 0.3 is 0 Å². The number of carbonyl (C=O) groups is 1. The molecule has 2 aromatic carbocycles. The maximum Gasteiger partial charge on any atom is 0.252 e. The van der Waals surface area contributed by atoms with E-state index < -0.39 is 10.0 Å². The fourth-order valence-corrected chi connectivity index (χ4v) is 5.55. The first kappa shape index (κ1) is 20.0. The molecule has 3 rings (SSSR count). The molecular weight excluding hydrogens is 404 g/mol. The molecule has 0 bridgehead atoms. The molecule has 0 aliphatic carbocycles. The van der Waals surface area contributed by atoms with E-state index in [2.05, 4.69) is 5.32 Å². The predicted octanol–water partition coefficient (Wildman–Crippen LogP) is 3.79. The molecule has 0 atom stereocenters. The predicted molar refractivity (Wildman–Crippen MR) is 111 cm³/mol. The Kier molecular flexibility index (Phi) is 6.68. The van der Waals surface area contributed by atoms with Gasteiger partial charge in [-0.05, 0) is 43.2 Å². The molecule has 1 N–H and O–H groups in total. The maximum atomic E-state index is 12.4. The Bertz CT molecular complexity index is 904. The van der Waals surface area contributed by atoms with Gasteiger partial charge in [-0.15, -0.1) is 11.8 Å². The van der Waals surface area contributed by atoms with Crippen LogP contribution in [0.2, 0.25) is 5.02 Å². The number of rotatable bonds is 6. The lowest BCUT2D eigenvalue weighted by Gasteiger charge is -2.28. The van der Waals surface area contributed by atoms with Crippen LogP contribution in [0.1, 0.15) is 23.2 Å². The van der Waals surface area contributed by atoms with Crippen molar-refractivity contribution in [1.29, 1.82) is 0 Å². The van der Waals surface area contributed by atoms with E-state index >= 15 is 0 Å². The highest BCUT2D eigenvalue weighted by atomic mass is 35.5. The van der Waals surface area contributed by atoms with Crippen molar-refractivity contribution in [2.45, 2.75) is 17.7 Å². The van der Waals surface area contributed by atoms with Gasteiger partial charge in [-0.1, -0.05) is 29.8 Å². The van der Waals surface area contributed by atoms with Crippen molar-refractivity contribution >= 4 is 45.0 Å². The largest absolute Gasteiger partial charge is 0.351 e. The summed E-state index contributed by atoms with van der Waals surface area (Å²) in [5, 5.41) is 3.10. The van der Waals surface area contributed by atoms with Crippen molar-refractivity contribution in [1.82, 2.24) is 5.32 Å². The van der Waals surface area contributed by atoms with E-state index in [9.17, 15) is 13.2 Å². The number of carbonyl (C=O) groups excluding carboxylic acids is 1. The molecule has 1 fully saturated rings. The Labute approximate surface area is 169 Å². The lowest BCUT2D eigenvalue weighted by atomic mass is 10.2. The summed E-state index contributed by atoms with van der Waals surface area (Å²) in [6, 6.07) is 14.7. The summed E-state index contributed by atoms with van der Waals surface area (Å²) in [4.78, 5) is 13.5. The molecule has 1 saturated heterocycles. The molecule has 8 heteroatoms. The summed E-state index contributed by atoms with van der Waals surface area (Å²) in [5.74, 6) is 0.630. The minimum absolute atomic E-state index is 0.145. The van der Waals surface area contributed by atoms with Crippen LogP contribution in [0.3, 0.4) is 0 Å².